The lowest BCUT2D eigenvalue weighted by Gasteiger charge is -2.29. The summed E-state index contributed by atoms with van der Waals surface area (Å²) in [5.41, 5.74) is 6.49. The highest BCUT2D eigenvalue weighted by atomic mass is 35.5. The molecule has 3 N–H and O–H groups in total. The zero-order valence-corrected chi connectivity index (χ0v) is 9.79. The molecule has 1 fully saturated rings. The van der Waals surface area contributed by atoms with Gasteiger partial charge in [0.1, 0.15) is 5.69 Å². The number of nitrogens with two attached hydrogens (primary N) is 1. The fourth-order valence-corrected chi connectivity index (χ4v) is 1.80. The molecule has 0 aliphatic carbocycles. The summed E-state index contributed by atoms with van der Waals surface area (Å²) in [5, 5.41) is 3.09. The van der Waals surface area contributed by atoms with Crippen LogP contribution in [0, 0.1) is 0 Å². The highest BCUT2D eigenvalue weighted by Gasteiger charge is 2.18. The van der Waals surface area contributed by atoms with Crippen molar-refractivity contribution in [3.63, 3.8) is 0 Å². The van der Waals surface area contributed by atoms with E-state index in [0.717, 1.165) is 13.1 Å². The molecule has 0 unspecified atom stereocenters. The quantitative estimate of drug-likeness (QED) is 0.741. The van der Waals surface area contributed by atoms with Crippen molar-refractivity contribution in [2.45, 2.75) is 0 Å². The van der Waals surface area contributed by atoms with Gasteiger partial charge in [-0.1, -0.05) is 0 Å². The minimum atomic E-state index is 0.194. The molecule has 1 saturated heterocycles. The number of hydrogen-bond acceptors (Lipinski definition) is 6. The van der Waals surface area contributed by atoms with Crippen molar-refractivity contribution < 1.29 is 4.74 Å². The molecule has 1 aromatic heterocycles. The number of aromatic nitrogens is 2. The number of halogens is 1. The lowest BCUT2D eigenvalue weighted by molar-refractivity contribution is 0.122. The van der Waals surface area contributed by atoms with E-state index < -0.39 is 0 Å². The maximum Gasteiger partial charge on any atom is 0.226 e. The number of nitrogen functional groups attached to an aromatic ring is 1. The first-order chi connectivity index (χ1) is 7.72. The van der Waals surface area contributed by atoms with Gasteiger partial charge in [-0.2, -0.15) is 9.97 Å². The molecule has 0 saturated carbocycles. The second-order valence-electron chi connectivity index (χ2n) is 3.43. The minimum Gasteiger partial charge on any atom is -0.393 e. The van der Waals surface area contributed by atoms with Crippen LogP contribution in [0.25, 0.3) is 0 Å². The monoisotopic (exact) mass is 243 g/mol. The van der Waals surface area contributed by atoms with Crippen molar-refractivity contribution in [2.75, 3.05) is 49.3 Å². The molecule has 0 radical (unpaired) electrons. The molecule has 1 aromatic rings. The molecular weight excluding hydrogens is 230 g/mol. The van der Waals surface area contributed by atoms with Gasteiger partial charge in [0, 0.05) is 20.1 Å². The number of morpholine rings is 1. The molecule has 7 heteroatoms. The Hall–Kier alpha value is -1.27. The Morgan fingerprint density at radius 3 is 2.69 bits per heavy atom. The lowest BCUT2D eigenvalue weighted by Crippen LogP contribution is -2.37. The first-order valence-electron chi connectivity index (χ1n) is 5.06. The van der Waals surface area contributed by atoms with Gasteiger partial charge in [0.05, 0.1) is 13.2 Å². The Balaban J connectivity index is 2.34. The summed E-state index contributed by atoms with van der Waals surface area (Å²) in [4.78, 5) is 10.2. The van der Waals surface area contributed by atoms with Crippen LogP contribution >= 0.6 is 11.6 Å². The summed E-state index contributed by atoms with van der Waals surface area (Å²) < 4.78 is 5.27. The van der Waals surface area contributed by atoms with Gasteiger partial charge in [0.15, 0.2) is 11.6 Å². The SMILES string of the molecule is CNc1nc(Cl)nc(N2CCOCC2)c1N. The summed E-state index contributed by atoms with van der Waals surface area (Å²) in [7, 11) is 1.75. The van der Waals surface area contributed by atoms with Crippen molar-refractivity contribution in [1.29, 1.82) is 0 Å². The van der Waals surface area contributed by atoms with Gasteiger partial charge >= 0.3 is 0 Å². The number of hydrogen-bond donors (Lipinski definition) is 2. The first-order valence-corrected chi connectivity index (χ1v) is 5.43. The van der Waals surface area contributed by atoms with E-state index in [1.165, 1.54) is 0 Å². The molecule has 1 aliphatic heterocycles. The smallest absolute Gasteiger partial charge is 0.226 e. The number of ether oxygens (including phenoxy) is 1. The largest absolute Gasteiger partial charge is 0.393 e. The van der Waals surface area contributed by atoms with E-state index in [0.29, 0.717) is 30.5 Å². The molecular formula is C9H14ClN5O. The Labute approximate surface area is 98.8 Å². The fourth-order valence-electron chi connectivity index (χ4n) is 1.64. The number of rotatable bonds is 2. The maximum atomic E-state index is 5.96. The number of nitrogens with zero attached hydrogens (tertiary/aromatic N) is 3. The van der Waals surface area contributed by atoms with E-state index in [1.807, 2.05) is 4.90 Å². The Morgan fingerprint density at radius 2 is 2.06 bits per heavy atom. The van der Waals surface area contributed by atoms with Crippen molar-refractivity contribution >= 4 is 28.9 Å². The van der Waals surface area contributed by atoms with Crippen molar-refractivity contribution in [1.82, 2.24) is 9.97 Å². The lowest BCUT2D eigenvalue weighted by atomic mass is 10.3. The maximum absolute atomic E-state index is 5.96. The fraction of sp³-hybridized carbons (Fsp3) is 0.556. The van der Waals surface area contributed by atoms with Crippen LogP contribution in [0.5, 0.6) is 0 Å². The summed E-state index contributed by atoms with van der Waals surface area (Å²) >= 11 is 5.84. The first kappa shape index (κ1) is 11.2. The van der Waals surface area contributed by atoms with E-state index in [9.17, 15) is 0 Å². The molecule has 0 aromatic carbocycles. The topological polar surface area (TPSA) is 76.3 Å². The average molecular weight is 244 g/mol. The van der Waals surface area contributed by atoms with Crippen LogP contribution in [-0.4, -0.2) is 43.3 Å². The molecule has 6 nitrogen and oxygen atoms in total. The average Bonchev–Trinajstić information content (AvgIpc) is 2.33. The Morgan fingerprint density at radius 1 is 1.38 bits per heavy atom. The Kier molecular flexibility index (Phi) is 3.31. The van der Waals surface area contributed by atoms with Crippen molar-refractivity contribution in [3.05, 3.63) is 5.28 Å². The third kappa shape index (κ3) is 2.12. The van der Waals surface area contributed by atoms with Crippen LogP contribution in [0.15, 0.2) is 0 Å². The summed E-state index contributed by atoms with van der Waals surface area (Å²) in [6.07, 6.45) is 0. The zero-order chi connectivity index (χ0) is 11.5. The molecule has 0 amide bonds. The predicted molar refractivity (Wildman–Crippen MR) is 64.0 cm³/mol. The molecule has 88 valence electrons. The van der Waals surface area contributed by atoms with Gasteiger partial charge in [-0.15, -0.1) is 0 Å². The molecule has 0 spiro atoms. The van der Waals surface area contributed by atoms with Gasteiger partial charge in [-0.05, 0) is 11.6 Å². The summed E-state index contributed by atoms with van der Waals surface area (Å²) in [6, 6.07) is 0. The third-order valence-corrected chi connectivity index (χ3v) is 2.61. The van der Waals surface area contributed by atoms with Crippen LogP contribution in [-0.2, 0) is 4.74 Å². The molecule has 16 heavy (non-hydrogen) atoms. The van der Waals surface area contributed by atoms with Crippen LogP contribution in [0.3, 0.4) is 0 Å². The third-order valence-electron chi connectivity index (χ3n) is 2.45. The van der Waals surface area contributed by atoms with Crippen LogP contribution in [0.1, 0.15) is 0 Å². The van der Waals surface area contributed by atoms with E-state index >= 15 is 0 Å². The van der Waals surface area contributed by atoms with E-state index in [2.05, 4.69) is 15.3 Å². The van der Waals surface area contributed by atoms with E-state index in [-0.39, 0.29) is 5.28 Å². The van der Waals surface area contributed by atoms with E-state index in [4.69, 9.17) is 22.1 Å². The van der Waals surface area contributed by atoms with Gasteiger partial charge in [0.25, 0.3) is 0 Å². The summed E-state index contributed by atoms with van der Waals surface area (Å²) in [5.74, 6) is 1.23. The van der Waals surface area contributed by atoms with Gasteiger partial charge in [-0.25, -0.2) is 0 Å². The standard InChI is InChI=1S/C9H14ClN5O/c1-12-7-6(11)8(14-9(10)13-7)15-2-4-16-5-3-15/h2-5,11H2,1H3,(H,12,13,14). The second-order valence-corrected chi connectivity index (χ2v) is 3.77. The van der Waals surface area contributed by atoms with Crippen LogP contribution in [0.4, 0.5) is 17.3 Å². The number of anilines is 3. The minimum absolute atomic E-state index is 0.194. The van der Waals surface area contributed by atoms with Gasteiger partial charge in [0.2, 0.25) is 5.28 Å². The second kappa shape index (κ2) is 4.71. The molecule has 2 heterocycles. The van der Waals surface area contributed by atoms with Crippen LogP contribution in [0.2, 0.25) is 5.28 Å². The zero-order valence-electron chi connectivity index (χ0n) is 9.03. The predicted octanol–water partition coefficient (Wildman–Crippen LogP) is 0.590. The van der Waals surface area contributed by atoms with Gasteiger partial charge < -0.3 is 20.7 Å². The highest BCUT2D eigenvalue weighted by molar-refractivity contribution is 6.28. The van der Waals surface area contributed by atoms with E-state index in [1.54, 1.807) is 7.05 Å². The molecule has 0 bridgehead atoms. The molecule has 0 atom stereocenters. The Bertz CT molecular complexity index is 380. The molecule has 1 aliphatic rings. The van der Waals surface area contributed by atoms with Crippen molar-refractivity contribution in [2.24, 2.45) is 0 Å². The number of nitrogens with one attached hydrogen (secondary N) is 1. The summed E-state index contributed by atoms with van der Waals surface area (Å²) in [6.45, 7) is 2.88. The van der Waals surface area contributed by atoms with Gasteiger partial charge in [-0.3, -0.25) is 0 Å². The normalized spacial score (nSPS) is 16.2. The van der Waals surface area contributed by atoms with Crippen molar-refractivity contribution in [3.8, 4) is 0 Å². The molecule has 2 rings (SSSR count). The highest BCUT2D eigenvalue weighted by Crippen LogP contribution is 2.28. The van der Waals surface area contributed by atoms with Crippen LogP contribution < -0.4 is 16.0 Å².